The maximum absolute atomic E-state index is 12.7. The lowest BCUT2D eigenvalue weighted by Gasteiger charge is -2.41. The van der Waals surface area contributed by atoms with Gasteiger partial charge in [0.05, 0.1) is 49.7 Å². The van der Waals surface area contributed by atoms with Crippen LogP contribution in [0.2, 0.25) is 5.28 Å². The van der Waals surface area contributed by atoms with Crippen molar-refractivity contribution in [1.82, 2.24) is 39.9 Å². The average molecular weight is 1040 g/mol. The fourth-order valence-electron chi connectivity index (χ4n) is 8.61. The quantitative estimate of drug-likeness (QED) is 0.157. The van der Waals surface area contributed by atoms with E-state index in [1.54, 1.807) is 40.1 Å². The molecular weight excluding hydrogens is 975 g/mol. The molecule has 0 spiro atoms. The molecule has 71 heavy (non-hydrogen) atoms. The normalized spacial score (nSPS) is 20.4. The van der Waals surface area contributed by atoms with E-state index in [-0.39, 0.29) is 43.1 Å². The second-order valence-corrected chi connectivity index (χ2v) is 25.4. The van der Waals surface area contributed by atoms with Crippen molar-refractivity contribution in [1.29, 1.82) is 0 Å². The smallest absolute Gasteiger partial charge is 0.486 e. The van der Waals surface area contributed by atoms with Crippen LogP contribution < -0.4 is 24.7 Å². The summed E-state index contributed by atoms with van der Waals surface area (Å²) in [5, 5.41) is 1.94. The number of morpholine rings is 2. The number of anilines is 2. The molecule has 0 saturated carbocycles. The fraction of sp³-hybridized carbons (Fsp3) is 0.532. The number of hydrogen-bond donors (Lipinski definition) is 2. The number of fused-ring (bicyclic) bond motifs is 8. The van der Waals surface area contributed by atoms with E-state index < -0.39 is 29.2 Å². The number of pyridine rings is 2. The van der Waals surface area contributed by atoms with Crippen molar-refractivity contribution >= 4 is 77.6 Å². The molecule has 2 unspecified atom stereocenters. The van der Waals surface area contributed by atoms with E-state index in [9.17, 15) is 16.8 Å². The molecule has 382 valence electrons. The molecule has 24 heteroatoms. The van der Waals surface area contributed by atoms with Crippen LogP contribution in [0.25, 0.3) is 33.5 Å². The number of halogens is 1. The molecule has 11 rings (SSSR count). The van der Waals surface area contributed by atoms with Crippen LogP contribution in [0.4, 0.5) is 11.6 Å². The van der Waals surface area contributed by atoms with Crippen LogP contribution in [0.5, 0.6) is 11.5 Å². The van der Waals surface area contributed by atoms with Crippen LogP contribution in [0.3, 0.4) is 0 Å². The largest absolute Gasteiger partial charge is 0.495 e. The molecule has 6 aromatic rings. The number of hydrogen-bond acceptors (Lipinski definition) is 18. The first-order valence-electron chi connectivity index (χ1n) is 22.9. The third kappa shape index (κ3) is 9.54. The molecule has 6 aromatic heterocycles. The van der Waals surface area contributed by atoms with Gasteiger partial charge in [0.2, 0.25) is 5.28 Å². The van der Waals surface area contributed by atoms with Gasteiger partial charge in [-0.3, -0.25) is 0 Å². The minimum absolute atomic E-state index is 0. The first-order chi connectivity index (χ1) is 32.9. The van der Waals surface area contributed by atoms with Crippen molar-refractivity contribution in [2.45, 2.75) is 95.6 Å². The summed E-state index contributed by atoms with van der Waals surface area (Å²) in [4.78, 5) is 37.0. The summed E-state index contributed by atoms with van der Waals surface area (Å²) in [6, 6.07) is 7.81. The van der Waals surface area contributed by atoms with Crippen LogP contribution in [-0.2, 0) is 48.0 Å². The molecule has 20 nitrogen and oxygen atoms in total. The molecular formula is C47H62BClN10O10S2. The highest BCUT2D eigenvalue weighted by Gasteiger charge is 2.52. The Morgan fingerprint density at radius 3 is 1.69 bits per heavy atom. The number of aromatic nitrogens is 8. The maximum Gasteiger partial charge on any atom is 0.495 e. The zero-order valence-electron chi connectivity index (χ0n) is 40.9. The lowest BCUT2D eigenvalue weighted by Crippen LogP contribution is -2.52. The Morgan fingerprint density at radius 2 is 1.15 bits per heavy atom. The summed E-state index contributed by atoms with van der Waals surface area (Å²) < 4.78 is 82.2. The number of nitrogens with one attached hydrogen (secondary N) is 2. The topological polar surface area (TPSA) is 239 Å². The van der Waals surface area contributed by atoms with Gasteiger partial charge in [0, 0.05) is 66.7 Å². The van der Waals surface area contributed by atoms with Crippen LogP contribution in [0, 0.1) is 0 Å². The van der Waals surface area contributed by atoms with E-state index in [0.29, 0.717) is 93.1 Å². The summed E-state index contributed by atoms with van der Waals surface area (Å²) in [5.74, 6) is 2.45. The van der Waals surface area contributed by atoms with Gasteiger partial charge >= 0.3 is 7.12 Å². The Kier molecular flexibility index (Phi) is 14.0. The Bertz CT molecular complexity index is 3170. The van der Waals surface area contributed by atoms with E-state index in [1.165, 1.54) is 12.5 Å². The number of H-pyrrole nitrogens is 2. The fourth-order valence-corrected chi connectivity index (χ4v) is 9.75. The number of nitrogens with zero attached hydrogens (tertiary/aromatic N) is 8. The van der Waals surface area contributed by atoms with Gasteiger partial charge in [0.25, 0.3) is 0 Å². The van der Waals surface area contributed by atoms with Crippen LogP contribution in [-0.4, -0.2) is 152 Å². The first kappa shape index (κ1) is 52.2. The van der Waals surface area contributed by atoms with Crippen molar-refractivity contribution in [2.75, 3.05) is 75.0 Å². The van der Waals surface area contributed by atoms with Crippen LogP contribution in [0.15, 0.2) is 49.1 Å². The molecule has 0 bridgehead atoms. The van der Waals surface area contributed by atoms with E-state index in [4.69, 9.17) is 49.8 Å². The van der Waals surface area contributed by atoms with Crippen LogP contribution >= 0.6 is 11.6 Å². The maximum atomic E-state index is 12.7. The van der Waals surface area contributed by atoms with E-state index in [1.807, 2.05) is 36.7 Å². The summed E-state index contributed by atoms with van der Waals surface area (Å²) in [7, 11) is -7.22. The number of sulfone groups is 2. The van der Waals surface area contributed by atoms with E-state index in [0.717, 1.165) is 33.1 Å². The summed E-state index contributed by atoms with van der Waals surface area (Å²) in [5.41, 5.74) is 3.43. The third-order valence-corrected chi connectivity index (χ3v) is 18.5. The van der Waals surface area contributed by atoms with Gasteiger partial charge in [-0.25, -0.2) is 41.8 Å². The van der Waals surface area contributed by atoms with Gasteiger partial charge in [-0.2, -0.15) is 4.98 Å². The van der Waals surface area contributed by atoms with E-state index >= 15 is 0 Å². The minimum Gasteiger partial charge on any atom is -0.486 e. The lowest BCUT2D eigenvalue weighted by atomic mass is 9.78. The molecule has 0 aromatic carbocycles. The van der Waals surface area contributed by atoms with Crippen molar-refractivity contribution in [3.63, 3.8) is 0 Å². The molecule has 2 N–H and O–H groups in total. The highest BCUT2D eigenvalue weighted by Crippen LogP contribution is 2.45. The zero-order valence-corrected chi connectivity index (χ0v) is 43.3. The molecule has 5 aliphatic rings. The molecule has 11 heterocycles. The van der Waals surface area contributed by atoms with Gasteiger partial charge in [-0.15, -0.1) is 0 Å². The van der Waals surface area contributed by atoms with Crippen LogP contribution in [0.1, 0.15) is 74.2 Å². The lowest BCUT2D eigenvalue weighted by molar-refractivity contribution is 0.00578. The molecule has 2 atom stereocenters. The van der Waals surface area contributed by atoms with Crippen molar-refractivity contribution in [3.05, 3.63) is 65.7 Å². The van der Waals surface area contributed by atoms with E-state index in [2.05, 4.69) is 67.4 Å². The highest BCUT2D eigenvalue weighted by atomic mass is 35.5. The second kappa shape index (κ2) is 19.0. The highest BCUT2D eigenvalue weighted by molar-refractivity contribution is 7.91. The molecule has 5 aliphatic heterocycles. The summed E-state index contributed by atoms with van der Waals surface area (Å²) >= 11 is 6.04. The summed E-state index contributed by atoms with van der Waals surface area (Å²) in [6.45, 7) is 19.1. The summed E-state index contributed by atoms with van der Waals surface area (Å²) in [6.07, 6.45) is 9.55. The van der Waals surface area contributed by atoms with Gasteiger partial charge < -0.3 is 48.0 Å². The van der Waals surface area contributed by atoms with Gasteiger partial charge in [-0.05, 0) is 96.7 Å². The Hall–Kier alpha value is -5.17. The SMILES string of the molecule is C.CC(C)(c1nc(-c2ccnc3[nH]ccc23)nc2c1OCC1COCCN21)S(C)(=O)=O.CC(C)(c1nc(Cl)nc2c1OCC1COCCN21)S(C)(=O)=O.CC1(C)OB(c2ccnc3[nH]ccc23)OC1(C)C. The third-order valence-electron chi connectivity index (χ3n) is 14.2. The first-order valence-corrected chi connectivity index (χ1v) is 27.1. The number of ether oxygens (including phenoxy) is 4. The predicted molar refractivity (Wildman–Crippen MR) is 273 cm³/mol. The average Bonchev–Trinajstić information content (AvgIpc) is 4.05. The minimum atomic E-state index is -3.48. The van der Waals surface area contributed by atoms with Gasteiger partial charge in [0.1, 0.15) is 45.4 Å². The Morgan fingerprint density at radius 1 is 0.676 bits per heavy atom. The number of aromatic amines is 2. The molecule has 0 aliphatic carbocycles. The van der Waals surface area contributed by atoms with Crippen molar-refractivity contribution in [2.24, 2.45) is 0 Å². The monoisotopic (exact) mass is 1040 g/mol. The second-order valence-electron chi connectivity index (χ2n) is 19.9. The van der Waals surface area contributed by atoms with Crippen molar-refractivity contribution < 1.29 is 45.1 Å². The standard InChI is InChI=1S/C20H23N5O4S.C13H17BN2O2.C13H18ClN3O4S.CH4/c1-20(2,30(3,26)27)16-15-19(25-8-9-28-10-12(25)11-29-15)24-18(23-16)14-5-7-22-17-13(14)4-6-21-17;1-12(2)13(3,4)18-14(17-12)10-6-8-16-11-9(10)5-7-15-11;1-13(2,22(3,18)19)10-9-11(16-12(14)15-10)17-4-5-20-6-8(17)7-21-9;/h4-7,12H,8-11H2,1-3H3,(H,21,22);5-8H,1-4H3,(H,15,16);8H,4-7H2,1-3H3;1H4. The van der Waals surface area contributed by atoms with Crippen molar-refractivity contribution in [3.8, 4) is 22.9 Å². The molecule has 3 fully saturated rings. The van der Waals surface area contributed by atoms with Gasteiger partial charge in [-0.1, -0.05) is 7.43 Å². The molecule has 3 saturated heterocycles. The number of rotatable bonds is 6. The Labute approximate surface area is 419 Å². The predicted octanol–water partition coefficient (Wildman–Crippen LogP) is 5.40. The van der Waals surface area contributed by atoms with Gasteiger partial charge in [0.15, 0.2) is 48.6 Å². The zero-order chi connectivity index (χ0) is 50.2. The molecule has 0 amide bonds. The molecule has 0 radical (unpaired) electrons. The Balaban J connectivity index is 0.000000147.